The lowest BCUT2D eigenvalue weighted by atomic mass is 9.79. The molecule has 1 aromatic carbocycles. The Balaban J connectivity index is 2.25. The van der Waals surface area contributed by atoms with Gasteiger partial charge in [-0.3, -0.25) is 0 Å². The monoisotopic (exact) mass is 241 g/mol. The molecule has 3 N–H and O–H groups in total. The minimum atomic E-state index is -1.50. The minimum Gasteiger partial charge on any atom is -0.423 e. The maximum Gasteiger partial charge on any atom is 0.488 e. The van der Waals surface area contributed by atoms with Gasteiger partial charge in [-0.1, -0.05) is 17.7 Å². The van der Waals surface area contributed by atoms with Gasteiger partial charge in [-0.05, 0) is 23.2 Å². The van der Waals surface area contributed by atoms with Gasteiger partial charge < -0.3 is 20.1 Å². The van der Waals surface area contributed by atoms with Crippen molar-refractivity contribution >= 4 is 24.2 Å². The standard InChI is InChI=1S/C10H13BClNO3/c12-9-4-7(3-8(5-9)11(14)15)10-6-16-2-1-13-10/h3-5,10,13-15H,1-2,6H2. The molecule has 1 heterocycles. The molecule has 0 amide bonds. The molecule has 0 bridgehead atoms. The molecule has 4 nitrogen and oxygen atoms in total. The van der Waals surface area contributed by atoms with E-state index in [-0.39, 0.29) is 6.04 Å². The van der Waals surface area contributed by atoms with E-state index in [0.29, 0.717) is 23.7 Å². The molecule has 16 heavy (non-hydrogen) atoms. The zero-order valence-corrected chi connectivity index (χ0v) is 9.44. The number of hydrogen-bond donors (Lipinski definition) is 3. The van der Waals surface area contributed by atoms with Crippen molar-refractivity contribution in [3.8, 4) is 0 Å². The molecule has 0 aliphatic carbocycles. The number of hydrogen-bond acceptors (Lipinski definition) is 4. The second-order valence-electron chi connectivity index (χ2n) is 3.77. The number of rotatable bonds is 2. The van der Waals surface area contributed by atoms with Gasteiger partial charge in [-0.15, -0.1) is 0 Å². The van der Waals surface area contributed by atoms with Crippen molar-refractivity contribution in [3.05, 3.63) is 28.8 Å². The number of nitrogens with one attached hydrogen (secondary N) is 1. The summed E-state index contributed by atoms with van der Waals surface area (Å²) in [6.45, 7) is 2.06. The van der Waals surface area contributed by atoms with Crippen molar-refractivity contribution in [1.29, 1.82) is 0 Å². The van der Waals surface area contributed by atoms with Crippen molar-refractivity contribution in [2.45, 2.75) is 6.04 Å². The molecule has 1 unspecified atom stereocenters. The van der Waals surface area contributed by atoms with Gasteiger partial charge in [0.15, 0.2) is 0 Å². The van der Waals surface area contributed by atoms with Crippen LogP contribution in [0.2, 0.25) is 5.02 Å². The largest absolute Gasteiger partial charge is 0.488 e. The Labute approximate surface area is 99.3 Å². The average Bonchev–Trinajstić information content (AvgIpc) is 2.29. The summed E-state index contributed by atoms with van der Waals surface area (Å²) in [5.74, 6) is 0. The van der Waals surface area contributed by atoms with E-state index in [4.69, 9.17) is 26.4 Å². The Morgan fingerprint density at radius 3 is 2.81 bits per heavy atom. The lowest BCUT2D eigenvalue weighted by Gasteiger charge is -2.24. The highest BCUT2D eigenvalue weighted by Gasteiger charge is 2.19. The van der Waals surface area contributed by atoms with Crippen molar-refractivity contribution in [2.24, 2.45) is 0 Å². The van der Waals surface area contributed by atoms with E-state index >= 15 is 0 Å². The molecule has 1 fully saturated rings. The summed E-state index contributed by atoms with van der Waals surface area (Å²) >= 11 is 5.92. The molecule has 1 saturated heterocycles. The highest BCUT2D eigenvalue weighted by molar-refractivity contribution is 6.59. The van der Waals surface area contributed by atoms with Gasteiger partial charge in [0.05, 0.1) is 19.3 Å². The van der Waals surface area contributed by atoms with Crippen molar-refractivity contribution in [2.75, 3.05) is 19.8 Å². The summed E-state index contributed by atoms with van der Waals surface area (Å²) in [7, 11) is -1.50. The minimum absolute atomic E-state index is 0.0601. The summed E-state index contributed by atoms with van der Waals surface area (Å²) in [4.78, 5) is 0. The van der Waals surface area contributed by atoms with Gasteiger partial charge >= 0.3 is 7.12 Å². The van der Waals surface area contributed by atoms with E-state index in [2.05, 4.69) is 5.32 Å². The van der Waals surface area contributed by atoms with Crippen LogP contribution in [0, 0.1) is 0 Å². The molecule has 1 aliphatic heterocycles. The van der Waals surface area contributed by atoms with Gasteiger partial charge in [-0.25, -0.2) is 0 Å². The first-order chi connectivity index (χ1) is 7.66. The van der Waals surface area contributed by atoms with Crippen LogP contribution in [0.15, 0.2) is 18.2 Å². The summed E-state index contributed by atoms with van der Waals surface area (Å²) in [5.41, 5.74) is 1.31. The van der Waals surface area contributed by atoms with Crippen LogP contribution < -0.4 is 10.8 Å². The molecule has 0 spiro atoms. The second kappa shape index (κ2) is 5.16. The topological polar surface area (TPSA) is 61.7 Å². The smallest absolute Gasteiger partial charge is 0.423 e. The molecule has 0 aromatic heterocycles. The lowest BCUT2D eigenvalue weighted by molar-refractivity contribution is 0.0769. The fourth-order valence-electron chi connectivity index (χ4n) is 1.77. The van der Waals surface area contributed by atoms with Crippen LogP contribution in [0.4, 0.5) is 0 Å². The molecule has 86 valence electrons. The molecule has 1 aromatic rings. The molecule has 2 rings (SSSR count). The Kier molecular flexibility index (Phi) is 3.84. The van der Waals surface area contributed by atoms with E-state index in [1.807, 2.05) is 0 Å². The number of halogens is 1. The molecule has 0 radical (unpaired) electrons. The molecular weight excluding hydrogens is 228 g/mol. The molecular formula is C10H13BClNO3. The summed E-state index contributed by atoms with van der Waals surface area (Å²) in [6.07, 6.45) is 0. The average molecular weight is 241 g/mol. The highest BCUT2D eigenvalue weighted by Crippen LogP contribution is 2.18. The van der Waals surface area contributed by atoms with Gasteiger partial charge in [0.25, 0.3) is 0 Å². The van der Waals surface area contributed by atoms with E-state index in [0.717, 1.165) is 12.1 Å². The summed E-state index contributed by atoms with van der Waals surface area (Å²) < 4.78 is 5.35. The number of benzene rings is 1. The van der Waals surface area contributed by atoms with E-state index in [1.54, 1.807) is 18.2 Å². The Bertz CT molecular complexity index is 369. The fraction of sp³-hybridized carbons (Fsp3) is 0.400. The SMILES string of the molecule is OB(O)c1cc(Cl)cc(C2COCCN2)c1. The Morgan fingerprint density at radius 2 is 2.19 bits per heavy atom. The van der Waals surface area contributed by atoms with Crippen LogP contribution in [0.5, 0.6) is 0 Å². The van der Waals surface area contributed by atoms with Gasteiger partial charge in [0, 0.05) is 11.6 Å². The highest BCUT2D eigenvalue weighted by atomic mass is 35.5. The van der Waals surface area contributed by atoms with E-state index < -0.39 is 7.12 Å². The number of morpholine rings is 1. The molecule has 0 saturated carbocycles. The maximum absolute atomic E-state index is 9.12. The Morgan fingerprint density at radius 1 is 1.38 bits per heavy atom. The summed E-state index contributed by atoms with van der Waals surface area (Å²) in [6, 6.07) is 5.13. The van der Waals surface area contributed by atoms with Crippen LogP contribution >= 0.6 is 11.6 Å². The third-order valence-electron chi connectivity index (χ3n) is 2.56. The Hall–Kier alpha value is -0.585. The third-order valence-corrected chi connectivity index (χ3v) is 2.78. The zero-order valence-electron chi connectivity index (χ0n) is 8.69. The van der Waals surface area contributed by atoms with Crippen LogP contribution in [0.1, 0.15) is 11.6 Å². The number of ether oxygens (including phenoxy) is 1. The van der Waals surface area contributed by atoms with Crippen LogP contribution in [-0.2, 0) is 4.74 Å². The van der Waals surface area contributed by atoms with Crippen LogP contribution in [0.25, 0.3) is 0 Å². The van der Waals surface area contributed by atoms with Gasteiger partial charge in [-0.2, -0.15) is 0 Å². The van der Waals surface area contributed by atoms with Crippen molar-refractivity contribution in [1.82, 2.24) is 5.32 Å². The van der Waals surface area contributed by atoms with Crippen molar-refractivity contribution in [3.63, 3.8) is 0 Å². The van der Waals surface area contributed by atoms with Gasteiger partial charge in [0.2, 0.25) is 0 Å². The first-order valence-corrected chi connectivity index (χ1v) is 5.52. The van der Waals surface area contributed by atoms with E-state index in [1.165, 1.54) is 0 Å². The first-order valence-electron chi connectivity index (χ1n) is 5.14. The second-order valence-corrected chi connectivity index (χ2v) is 4.21. The third kappa shape index (κ3) is 2.75. The molecule has 1 aliphatic rings. The normalized spacial score (nSPS) is 20.8. The van der Waals surface area contributed by atoms with Crippen molar-refractivity contribution < 1.29 is 14.8 Å². The molecule has 6 heteroatoms. The van der Waals surface area contributed by atoms with Crippen LogP contribution in [0.3, 0.4) is 0 Å². The van der Waals surface area contributed by atoms with Crippen LogP contribution in [-0.4, -0.2) is 36.9 Å². The predicted octanol–water partition coefficient (Wildman–Crippen LogP) is -0.319. The maximum atomic E-state index is 9.12. The van der Waals surface area contributed by atoms with E-state index in [9.17, 15) is 0 Å². The lowest BCUT2D eigenvalue weighted by Crippen LogP contribution is -2.36. The predicted molar refractivity (Wildman–Crippen MR) is 62.8 cm³/mol. The first kappa shape index (κ1) is 11.9. The molecule has 1 atom stereocenters. The zero-order chi connectivity index (χ0) is 11.5. The quantitative estimate of drug-likeness (QED) is 0.621. The summed E-state index contributed by atoms with van der Waals surface area (Å²) in [5, 5.41) is 22.0. The van der Waals surface area contributed by atoms with Gasteiger partial charge in [0.1, 0.15) is 0 Å². The fourth-order valence-corrected chi connectivity index (χ4v) is 2.02.